The highest BCUT2D eigenvalue weighted by molar-refractivity contribution is 6.34. The third-order valence-corrected chi connectivity index (χ3v) is 12.9. The molecule has 0 unspecified atom stereocenters. The van der Waals surface area contributed by atoms with Crippen LogP contribution in [0.1, 0.15) is 105 Å². The second-order valence-electron chi connectivity index (χ2n) is 20.1. The van der Waals surface area contributed by atoms with Crippen LogP contribution < -0.4 is 14.2 Å². The maximum Gasteiger partial charge on any atom is 0.128 e. The highest BCUT2D eigenvalue weighted by Gasteiger charge is 2.23. The largest absolute Gasteiger partial charge is 0.494 e. The predicted molar refractivity (Wildman–Crippen MR) is 301 cm³/mol. The van der Waals surface area contributed by atoms with E-state index in [2.05, 4.69) is 149 Å². The minimum Gasteiger partial charge on any atom is -0.494 e. The number of hydrogen-bond donors (Lipinski definition) is 0. The Bertz CT molecular complexity index is 2740. The molecule has 3 aromatic carbocycles. The van der Waals surface area contributed by atoms with Crippen LogP contribution in [0.3, 0.4) is 0 Å². The first kappa shape index (κ1) is 51.9. The van der Waals surface area contributed by atoms with Crippen molar-refractivity contribution in [1.29, 1.82) is 0 Å². The van der Waals surface area contributed by atoms with E-state index in [4.69, 9.17) is 34.2 Å². The number of fused-ring (bicyclic) bond motifs is 4. The van der Waals surface area contributed by atoms with Gasteiger partial charge in [0.2, 0.25) is 0 Å². The van der Waals surface area contributed by atoms with E-state index in [-0.39, 0.29) is 0 Å². The van der Waals surface area contributed by atoms with Gasteiger partial charge >= 0.3 is 0 Å². The van der Waals surface area contributed by atoms with E-state index < -0.39 is 0 Å². The molecule has 0 fully saturated rings. The number of rotatable bonds is 26. The molecule has 72 heavy (non-hydrogen) atoms. The van der Waals surface area contributed by atoms with Gasteiger partial charge in [0.25, 0.3) is 0 Å². The van der Waals surface area contributed by atoms with E-state index in [9.17, 15) is 0 Å². The van der Waals surface area contributed by atoms with Crippen molar-refractivity contribution in [3.8, 4) is 17.2 Å². The number of unbranched alkanes of at least 4 members (excludes halogenated alkanes) is 9. The number of benzene rings is 3. The fourth-order valence-corrected chi connectivity index (χ4v) is 9.57. The SMILES string of the molecule is CCCCCCCCCCCCOc1ccc(C2=C3C=CC(=N3)C=C3C=CC(=N3)C(c3ccc(OCCCOc4c(CN(C)C)cc(CN(C)C)cc4CN(C)C)cc3)=C3C=CC(=N3)C=C3C=CC2=N3)cc1. The van der Waals surface area contributed by atoms with Crippen molar-refractivity contribution >= 4 is 34.0 Å². The van der Waals surface area contributed by atoms with Gasteiger partial charge in [-0.1, -0.05) is 89.0 Å². The summed E-state index contributed by atoms with van der Waals surface area (Å²) in [5, 5.41) is 0. The van der Waals surface area contributed by atoms with Gasteiger partial charge in [0.15, 0.2) is 0 Å². The second kappa shape index (κ2) is 25.8. The van der Waals surface area contributed by atoms with Crippen LogP contribution in [0.2, 0.25) is 0 Å². The summed E-state index contributed by atoms with van der Waals surface area (Å²) in [6.07, 6.45) is 34.4. The summed E-state index contributed by atoms with van der Waals surface area (Å²) >= 11 is 0. The Morgan fingerprint density at radius 1 is 0.417 bits per heavy atom. The van der Waals surface area contributed by atoms with Crippen LogP contribution in [0.15, 0.2) is 164 Å². The highest BCUT2D eigenvalue weighted by atomic mass is 16.5. The molecule has 0 radical (unpaired) electrons. The lowest BCUT2D eigenvalue weighted by molar-refractivity contribution is 0.240. The summed E-state index contributed by atoms with van der Waals surface area (Å²) in [7, 11) is 12.6. The van der Waals surface area contributed by atoms with Crippen molar-refractivity contribution in [2.24, 2.45) is 20.0 Å². The number of hydrogen-bond acceptors (Lipinski definition) is 10. The van der Waals surface area contributed by atoms with E-state index in [1.54, 1.807) is 0 Å². The first-order chi connectivity index (χ1) is 35.1. The number of nitrogens with zero attached hydrogens (tertiary/aromatic N) is 7. The second-order valence-corrected chi connectivity index (χ2v) is 20.1. The summed E-state index contributed by atoms with van der Waals surface area (Å²) in [4.78, 5) is 27.1. The first-order valence-corrected chi connectivity index (χ1v) is 26.3. The van der Waals surface area contributed by atoms with Gasteiger partial charge in [0, 0.05) is 48.3 Å². The highest BCUT2D eigenvalue weighted by Crippen LogP contribution is 2.34. The van der Waals surface area contributed by atoms with Crippen LogP contribution in [0, 0.1) is 0 Å². The summed E-state index contributed by atoms with van der Waals surface area (Å²) in [5.74, 6) is 2.66. The molecule has 0 saturated heterocycles. The van der Waals surface area contributed by atoms with Gasteiger partial charge in [-0.05, 0) is 163 Å². The lowest BCUT2D eigenvalue weighted by Gasteiger charge is -2.23. The fraction of sp³-hybridized carbons (Fsp3) is 0.387. The summed E-state index contributed by atoms with van der Waals surface area (Å²) in [6.45, 7) is 6.60. The van der Waals surface area contributed by atoms with Crippen molar-refractivity contribution in [3.05, 3.63) is 172 Å². The molecule has 10 heteroatoms. The molecular weight excluding hydrogens is 891 g/mol. The van der Waals surface area contributed by atoms with Crippen LogP contribution in [0.5, 0.6) is 17.2 Å². The molecule has 10 nitrogen and oxygen atoms in total. The molecule has 8 rings (SSSR count). The minimum absolute atomic E-state index is 0.531. The van der Waals surface area contributed by atoms with Gasteiger partial charge in [-0.15, -0.1) is 0 Å². The zero-order valence-electron chi connectivity index (χ0n) is 43.9. The van der Waals surface area contributed by atoms with Crippen molar-refractivity contribution in [2.45, 2.75) is 97.2 Å². The molecule has 5 heterocycles. The van der Waals surface area contributed by atoms with Crippen molar-refractivity contribution in [1.82, 2.24) is 14.7 Å². The van der Waals surface area contributed by atoms with E-state index >= 15 is 0 Å². The van der Waals surface area contributed by atoms with Gasteiger partial charge in [-0.25, -0.2) is 20.0 Å². The van der Waals surface area contributed by atoms with E-state index in [0.29, 0.717) is 13.2 Å². The summed E-state index contributed by atoms with van der Waals surface area (Å²) in [5.41, 5.74) is 14.4. The number of ether oxygens (including phenoxy) is 3. The van der Waals surface area contributed by atoms with E-state index in [1.165, 1.54) is 74.5 Å². The van der Waals surface area contributed by atoms with Crippen LogP contribution in [0.4, 0.5) is 0 Å². The molecule has 5 aliphatic rings. The Hall–Kier alpha value is -6.46. The maximum absolute atomic E-state index is 6.57. The zero-order chi connectivity index (χ0) is 50.2. The average molecular weight is 966 g/mol. The van der Waals surface area contributed by atoms with Crippen LogP contribution in [-0.4, -0.2) is 99.7 Å². The molecule has 0 aliphatic carbocycles. The lowest BCUT2D eigenvalue weighted by atomic mass is 9.98. The fourth-order valence-electron chi connectivity index (χ4n) is 9.57. The molecule has 376 valence electrons. The molecule has 8 bridgehead atoms. The molecule has 3 aromatic rings. The molecule has 0 atom stereocenters. The average Bonchev–Trinajstić information content (AvgIpc) is 4.20. The van der Waals surface area contributed by atoms with Crippen molar-refractivity contribution in [3.63, 3.8) is 0 Å². The molecule has 0 saturated carbocycles. The Balaban J connectivity index is 0.930. The predicted octanol–water partition coefficient (Wildman–Crippen LogP) is 13.0. The molecular formula is C62H75N7O3. The quantitative estimate of drug-likeness (QED) is 0.0745. The van der Waals surface area contributed by atoms with Crippen LogP contribution in [-0.2, 0) is 19.6 Å². The van der Waals surface area contributed by atoms with Crippen molar-refractivity contribution in [2.75, 3.05) is 62.1 Å². The monoisotopic (exact) mass is 966 g/mol. The lowest BCUT2D eigenvalue weighted by Crippen LogP contribution is -2.18. The summed E-state index contributed by atoms with van der Waals surface area (Å²) < 4.78 is 19.0. The van der Waals surface area contributed by atoms with Crippen LogP contribution in [0.25, 0.3) is 11.1 Å². The minimum atomic E-state index is 0.531. The maximum atomic E-state index is 6.57. The molecule has 0 amide bonds. The number of allylic oxidation sites excluding steroid dienone is 12. The zero-order valence-corrected chi connectivity index (χ0v) is 43.9. The van der Waals surface area contributed by atoms with Gasteiger partial charge in [-0.3, -0.25) is 0 Å². The van der Waals surface area contributed by atoms with Gasteiger partial charge in [-0.2, -0.15) is 0 Å². The summed E-state index contributed by atoms with van der Waals surface area (Å²) in [6, 6.07) is 21.2. The third kappa shape index (κ3) is 14.6. The van der Waals surface area contributed by atoms with Gasteiger partial charge in [0.05, 0.1) is 65.5 Å². The standard InChI is InChI=1S/C62H75N7O3/c1-8-9-10-11-12-13-14-15-16-17-35-70-54-27-19-46(20-28-54)60-56-31-23-50(63-56)40-52-25-33-58(65-52)61(59-34-26-53(66-59)41-51-24-32-57(60)64-51)47-21-29-55(30-22-47)71-36-18-37-72-62-48(43-68(4)5)38-45(42-67(2)3)39-49(62)44-69(6)7/h19-34,38-41H,8-18,35-37,42-44H2,1-7H3. The van der Waals surface area contributed by atoms with E-state index in [0.717, 1.165) is 124 Å². The Morgan fingerprint density at radius 3 is 1.31 bits per heavy atom. The normalized spacial score (nSPS) is 15.8. The van der Waals surface area contributed by atoms with Gasteiger partial charge in [0.1, 0.15) is 17.2 Å². The Labute approximate surface area is 429 Å². The molecule has 0 aromatic heterocycles. The smallest absolute Gasteiger partial charge is 0.128 e. The van der Waals surface area contributed by atoms with E-state index in [1.807, 2.05) is 36.4 Å². The molecule has 5 aliphatic heterocycles. The third-order valence-electron chi connectivity index (χ3n) is 12.9. The number of aliphatic imine (C=N–C) groups is 4. The van der Waals surface area contributed by atoms with Crippen LogP contribution >= 0.6 is 0 Å². The topological polar surface area (TPSA) is 86.9 Å². The van der Waals surface area contributed by atoms with Crippen molar-refractivity contribution < 1.29 is 14.2 Å². The van der Waals surface area contributed by atoms with Gasteiger partial charge < -0.3 is 28.9 Å². The first-order valence-electron chi connectivity index (χ1n) is 26.3. The molecule has 0 N–H and O–H groups in total. The Morgan fingerprint density at radius 2 is 0.847 bits per heavy atom. The molecule has 0 spiro atoms. The Kier molecular flexibility index (Phi) is 18.6.